The number of nitro groups is 1. The van der Waals surface area contributed by atoms with Gasteiger partial charge >= 0.3 is 5.69 Å². The molecule has 0 amide bonds. The van der Waals surface area contributed by atoms with Gasteiger partial charge in [0.25, 0.3) is 10.0 Å². The van der Waals surface area contributed by atoms with E-state index in [0.29, 0.717) is 6.07 Å². The fourth-order valence-corrected chi connectivity index (χ4v) is 3.40. The van der Waals surface area contributed by atoms with Crippen LogP contribution in [0.5, 0.6) is 5.75 Å². The second kappa shape index (κ2) is 6.07. The van der Waals surface area contributed by atoms with Crippen LogP contribution in [0.3, 0.4) is 0 Å². The molecule has 0 saturated carbocycles. The van der Waals surface area contributed by atoms with E-state index in [1.165, 1.54) is 18.2 Å². The van der Waals surface area contributed by atoms with Crippen LogP contribution in [0.1, 0.15) is 0 Å². The average Bonchev–Trinajstić information content (AvgIpc) is 2.46. The lowest BCUT2D eigenvalue weighted by atomic mass is 10.3. The molecule has 0 aromatic heterocycles. The van der Waals surface area contributed by atoms with E-state index in [-0.39, 0.29) is 10.6 Å². The number of nitrogens with zero attached hydrogens (tertiary/aromatic N) is 1. The quantitative estimate of drug-likeness (QED) is 0.512. The lowest BCUT2D eigenvalue weighted by molar-refractivity contribution is -0.386. The summed E-state index contributed by atoms with van der Waals surface area (Å²) >= 11 is 0. The van der Waals surface area contributed by atoms with Gasteiger partial charge in [-0.1, -0.05) is 6.07 Å². The molecule has 0 atom stereocenters. The number of nitrogens with one attached hydrogen (secondary N) is 1. The summed E-state index contributed by atoms with van der Waals surface area (Å²) in [6.07, 6.45) is 0. The first kappa shape index (κ1) is 17.7. The van der Waals surface area contributed by atoms with Gasteiger partial charge in [0.1, 0.15) is 0 Å². The molecule has 0 aliphatic carbocycles. The predicted octanol–water partition coefficient (Wildman–Crippen LogP) is 0.749. The Balaban J connectivity index is 2.43. The van der Waals surface area contributed by atoms with Crippen LogP contribution in [0, 0.1) is 10.1 Å². The first-order valence-electron chi connectivity index (χ1n) is 6.14. The molecular formula is C12H11N3O7S2. The van der Waals surface area contributed by atoms with Crippen LogP contribution in [0.25, 0.3) is 0 Å². The molecule has 2 rings (SSSR count). The molecule has 0 saturated heterocycles. The molecule has 0 aliphatic rings. The van der Waals surface area contributed by atoms with Crippen molar-refractivity contribution < 1.29 is 26.9 Å². The molecule has 0 bridgehead atoms. The minimum Gasteiger partial charge on any atom is -0.502 e. The van der Waals surface area contributed by atoms with Crippen LogP contribution in [0.2, 0.25) is 0 Å². The zero-order valence-electron chi connectivity index (χ0n) is 11.8. The van der Waals surface area contributed by atoms with Crippen LogP contribution in [0.4, 0.5) is 11.4 Å². The van der Waals surface area contributed by atoms with Gasteiger partial charge in [0.2, 0.25) is 10.0 Å². The highest BCUT2D eigenvalue weighted by atomic mass is 32.2. The predicted molar refractivity (Wildman–Crippen MR) is 83.4 cm³/mol. The first-order chi connectivity index (χ1) is 11.0. The molecule has 24 heavy (non-hydrogen) atoms. The summed E-state index contributed by atoms with van der Waals surface area (Å²) < 4.78 is 49.1. The summed E-state index contributed by atoms with van der Waals surface area (Å²) in [5.41, 5.74) is -0.881. The molecule has 0 fully saturated rings. The Hall–Kier alpha value is -2.70. The number of nitrogens with two attached hydrogens (primary N) is 1. The Morgan fingerprint density at radius 1 is 1.04 bits per heavy atom. The van der Waals surface area contributed by atoms with Gasteiger partial charge in [-0.3, -0.25) is 14.8 Å². The second-order valence-corrected chi connectivity index (χ2v) is 7.83. The van der Waals surface area contributed by atoms with Gasteiger partial charge < -0.3 is 5.11 Å². The molecule has 2 aromatic rings. The molecule has 0 spiro atoms. The highest BCUT2D eigenvalue weighted by molar-refractivity contribution is 7.92. The summed E-state index contributed by atoms with van der Waals surface area (Å²) in [4.78, 5) is 9.04. The van der Waals surface area contributed by atoms with E-state index < -0.39 is 41.3 Å². The van der Waals surface area contributed by atoms with Crippen LogP contribution in [0.15, 0.2) is 52.3 Å². The second-order valence-electron chi connectivity index (χ2n) is 4.59. The Kier molecular flexibility index (Phi) is 4.46. The average molecular weight is 373 g/mol. The van der Waals surface area contributed by atoms with Crippen molar-refractivity contribution in [2.24, 2.45) is 5.14 Å². The van der Waals surface area contributed by atoms with E-state index in [4.69, 9.17) is 5.14 Å². The molecule has 128 valence electrons. The van der Waals surface area contributed by atoms with Gasteiger partial charge in [0.15, 0.2) is 5.75 Å². The lowest BCUT2D eigenvalue weighted by Crippen LogP contribution is -2.15. The molecule has 4 N–H and O–H groups in total. The summed E-state index contributed by atoms with van der Waals surface area (Å²) in [6.45, 7) is 0. The van der Waals surface area contributed by atoms with Crippen molar-refractivity contribution in [3.05, 3.63) is 52.6 Å². The fraction of sp³-hybridized carbons (Fsp3) is 0. The van der Waals surface area contributed by atoms with Crippen molar-refractivity contribution in [3.63, 3.8) is 0 Å². The number of phenols is 1. The standard InChI is InChI=1S/C12H11N3O7S2/c13-23(19,20)9-3-1-2-8(6-9)14-24(21,22)10-4-5-12(16)11(7-10)15(17)18/h1-7,14,16H,(H2,13,19,20). The normalized spacial score (nSPS) is 11.9. The van der Waals surface area contributed by atoms with Gasteiger partial charge in [-0.2, -0.15) is 0 Å². The number of hydrogen-bond donors (Lipinski definition) is 3. The lowest BCUT2D eigenvalue weighted by Gasteiger charge is -2.09. The fourth-order valence-electron chi connectivity index (χ4n) is 1.77. The SMILES string of the molecule is NS(=O)(=O)c1cccc(NS(=O)(=O)c2ccc(O)c([N+](=O)[O-])c2)c1. The van der Waals surface area contributed by atoms with Gasteiger partial charge in [0, 0.05) is 6.07 Å². The largest absolute Gasteiger partial charge is 0.502 e. The summed E-state index contributed by atoms with van der Waals surface area (Å²) in [6, 6.07) is 7.25. The zero-order valence-corrected chi connectivity index (χ0v) is 13.4. The third kappa shape index (κ3) is 3.79. The summed E-state index contributed by atoms with van der Waals surface area (Å²) in [7, 11) is -8.28. The number of nitro benzene ring substituents is 1. The monoisotopic (exact) mass is 373 g/mol. The Labute approximate surface area is 136 Å². The van der Waals surface area contributed by atoms with E-state index in [1.807, 2.05) is 0 Å². The molecule has 0 unspecified atom stereocenters. The molecule has 0 radical (unpaired) electrons. The van der Waals surface area contributed by atoms with Crippen molar-refractivity contribution in [2.45, 2.75) is 9.79 Å². The van der Waals surface area contributed by atoms with Crippen molar-refractivity contribution >= 4 is 31.4 Å². The van der Waals surface area contributed by atoms with Gasteiger partial charge in [-0.25, -0.2) is 22.0 Å². The highest BCUT2D eigenvalue weighted by Crippen LogP contribution is 2.29. The summed E-state index contributed by atoms with van der Waals surface area (Å²) in [5.74, 6) is -0.685. The van der Waals surface area contributed by atoms with E-state index in [1.54, 1.807) is 0 Å². The van der Waals surface area contributed by atoms with Crippen molar-refractivity contribution in [3.8, 4) is 5.75 Å². The third-order valence-corrected chi connectivity index (χ3v) is 5.16. The van der Waals surface area contributed by atoms with Crippen LogP contribution in [-0.2, 0) is 20.0 Å². The van der Waals surface area contributed by atoms with Crippen LogP contribution < -0.4 is 9.86 Å². The maximum Gasteiger partial charge on any atom is 0.312 e. The van der Waals surface area contributed by atoms with Gasteiger partial charge in [-0.05, 0) is 30.3 Å². The number of aromatic hydroxyl groups is 1. The number of hydrogen-bond acceptors (Lipinski definition) is 7. The molecular weight excluding hydrogens is 362 g/mol. The van der Waals surface area contributed by atoms with Gasteiger partial charge in [-0.15, -0.1) is 0 Å². The van der Waals surface area contributed by atoms with Crippen molar-refractivity contribution in [1.82, 2.24) is 0 Å². The topological polar surface area (TPSA) is 170 Å². The smallest absolute Gasteiger partial charge is 0.312 e. The number of benzene rings is 2. The van der Waals surface area contributed by atoms with Crippen molar-refractivity contribution in [1.29, 1.82) is 0 Å². The number of anilines is 1. The number of rotatable bonds is 5. The highest BCUT2D eigenvalue weighted by Gasteiger charge is 2.21. The Morgan fingerprint density at radius 3 is 2.29 bits per heavy atom. The number of phenolic OH excluding ortho intramolecular Hbond substituents is 1. The minimum absolute atomic E-state index is 0.0998. The van der Waals surface area contributed by atoms with E-state index in [2.05, 4.69) is 4.72 Å². The summed E-state index contributed by atoms with van der Waals surface area (Å²) in [5, 5.41) is 25.1. The molecule has 2 aromatic carbocycles. The maximum absolute atomic E-state index is 12.3. The first-order valence-corrected chi connectivity index (χ1v) is 9.17. The molecule has 0 aliphatic heterocycles. The molecule has 0 heterocycles. The number of primary sulfonamides is 1. The molecule has 12 heteroatoms. The van der Waals surface area contributed by atoms with E-state index in [0.717, 1.165) is 18.2 Å². The van der Waals surface area contributed by atoms with E-state index in [9.17, 15) is 32.1 Å². The minimum atomic E-state index is -4.25. The van der Waals surface area contributed by atoms with Crippen LogP contribution >= 0.6 is 0 Å². The molecule has 10 nitrogen and oxygen atoms in total. The third-order valence-electron chi connectivity index (χ3n) is 2.87. The van der Waals surface area contributed by atoms with Gasteiger partial charge in [0.05, 0.1) is 20.4 Å². The Morgan fingerprint density at radius 2 is 1.71 bits per heavy atom. The maximum atomic E-state index is 12.3. The number of sulfonamides is 2. The zero-order chi connectivity index (χ0) is 18.1. The van der Waals surface area contributed by atoms with Crippen LogP contribution in [-0.4, -0.2) is 26.9 Å². The van der Waals surface area contributed by atoms with E-state index >= 15 is 0 Å². The Bertz CT molecular complexity index is 1020. The van der Waals surface area contributed by atoms with Crippen molar-refractivity contribution in [2.75, 3.05) is 4.72 Å².